The molecule has 2 aromatic rings. The molecule has 1 N–H and O–H groups in total. The van der Waals surface area contributed by atoms with E-state index in [2.05, 4.69) is 4.98 Å². The van der Waals surface area contributed by atoms with Crippen LogP contribution in [-0.4, -0.2) is 10.1 Å². The summed E-state index contributed by atoms with van der Waals surface area (Å²) in [6.07, 6.45) is 1.22. The Morgan fingerprint density at radius 2 is 1.88 bits per heavy atom. The van der Waals surface area contributed by atoms with Crippen molar-refractivity contribution >= 4 is 23.4 Å². The highest BCUT2D eigenvalue weighted by Crippen LogP contribution is 2.27. The minimum Gasteiger partial charge on any atom is -0.389 e. The number of aliphatic hydroxyl groups is 1. The number of aromatic nitrogens is 1. The van der Waals surface area contributed by atoms with Crippen molar-refractivity contribution in [2.24, 2.45) is 0 Å². The first-order valence-corrected chi connectivity index (χ1v) is 6.42. The maximum atomic E-state index is 9.37. The number of rotatable bonds is 3. The van der Waals surface area contributed by atoms with Crippen molar-refractivity contribution in [3.63, 3.8) is 0 Å². The molecule has 0 bridgehead atoms. The molecule has 88 valence electrons. The zero-order valence-electron chi connectivity index (χ0n) is 9.30. The van der Waals surface area contributed by atoms with E-state index in [4.69, 9.17) is 11.6 Å². The van der Waals surface area contributed by atoms with Gasteiger partial charge < -0.3 is 5.11 Å². The first kappa shape index (κ1) is 12.4. The fourth-order valence-corrected chi connectivity index (χ4v) is 2.20. The zero-order chi connectivity index (χ0) is 12.3. The van der Waals surface area contributed by atoms with Crippen LogP contribution in [0.4, 0.5) is 0 Å². The Kier molecular flexibility index (Phi) is 4.05. The van der Waals surface area contributed by atoms with Gasteiger partial charge in [0.1, 0.15) is 5.03 Å². The van der Waals surface area contributed by atoms with Gasteiger partial charge in [-0.15, -0.1) is 0 Å². The topological polar surface area (TPSA) is 33.1 Å². The molecule has 0 aliphatic rings. The predicted octanol–water partition coefficient (Wildman–Crippen LogP) is 3.94. The molecule has 0 amide bonds. The number of nitrogens with zero attached hydrogens (tertiary/aromatic N) is 1. The first-order chi connectivity index (χ1) is 8.15. The molecule has 0 spiro atoms. The standard InChI is InChI=1S/C13H12ClNOS/c1-9(16)10-2-7-13(15-8-10)17-12-5-3-11(14)4-6-12/h2-9,16H,1H3/t9-/m0/s1. The van der Waals surface area contributed by atoms with Crippen LogP contribution in [0.3, 0.4) is 0 Å². The molecule has 1 aromatic carbocycles. The molecule has 0 saturated heterocycles. The minimum absolute atomic E-state index is 0.475. The van der Waals surface area contributed by atoms with Crippen molar-refractivity contribution < 1.29 is 5.11 Å². The zero-order valence-corrected chi connectivity index (χ0v) is 10.9. The molecule has 1 atom stereocenters. The van der Waals surface area contributed by atoms with E-state index in [-0.39, 0.29) is 0 Å². The minimum atomic E-state index is -0.475. The van der Waals surface area contributed by atoms with Crippen molar-refractivity contribution in [1.29, 1.82) is 0 Å². The Morgan fingerprint density at radius 3 is 2.41 bits per heavy atom. The Bertz CT molecular complexity index is 482. The summed E-state index contributed by atoms with van der Waals surface area (Å²) in [5.74, 6) is 0. The highest BCUT2D eigenvalue weighted by molar-refractivity contribution is 7.99. The summed E-state index contributed by atoms with van der Waals surface area (Å²) in [5, 5.41) is 11.0. The van der Waals surface area contributed by atoms with Crippen LogP contribution in [-0.2, 0) is 0 Å². The number of benzene rings is 1. The Hall–Kier alpha value is -1.03. The van der Waals surface area contributed by atoms with Crippen LogP contribution in [0, 0.1) is 0 Å². The largest absolute Gasteiger partial charge is 0.389 e. The number of halogens is 1. The molecule has 1 heterocycles. The average molecular weight is 266 g/mol. The quantitative estimate of drug-likeness (QED) is 0.913. The van der Waals surface area contributed by atoms with Gasteiger partial charge in [0, 0.05) is 16.1 Å². The van der Waals surface area contributed by atoms with E-state index in [1.54, 1.807) is 24.9 Å². The Morgan fingerprint density at radius 1 is 1.18 bits per heavy atom. The summed E-state index contributed by atoms with van der Waals surface area (Å²) in [6, 6.07) is 11.4. The average Bonchev–Trinajstić information content (AvgIpc) is 2.33. The monoisotopic (exact) mass is 265 g/mol. The molecule has 0 aliphatic heterocycles. The number of hydrogen-bond donors (Lipinski definition) is 1. The van der Waals surface area contributed by atoms with Gasteiger partial charge in [-0.2, -0.15) is 0 Å². The van der Waals surface area contributed by atoms with Gasteiger partial charge in [-0.3, -0.25) is 0 Å². The lowest BCUT2D eigenvalue weighted by Gasteiger charge is -2.05. The summed E-state index contributed by atoms with van der Waals surface area (Å²) in [4.78, 5) is 5.38. The van der Waals surface area contributed by atoms with E-state index in [0.717, 1.165) is 20.5 Å². The number of hydrogen-bond acceptors (Lipinski definition) is 3. The highest BCUT2D eigenvalue weighted by Gasteiger charge is 2.02. The molecule has 0 aliphatic carbocycles. The van der Waals surface area contributed by atoms with Crippen molar-refractivity contribution in [3.8, 4) is 0 Å². The van der Waals surface area contributed by atoms with Gasteiger partial charge in [0.25, 0.3) is 0 Å². The van der Waals surface area contributed by atoms with Gasteiger partial charge in [0.15, 0.2) is 0 Å². The van der Waals surface area contributed by atoms with Crippen LogP contribution in [0.25, 0.3) is 0 Å². The van der Waals surface area contributed by atoms with Crippen LogP contribution in [0.15, 0.2) is 52.5 Å². The van der Waals surface area contributed by atoms with E-state index < -0.39 is 6.10 Å². The molecule has 0 radical (unpaired) electrons. The van der Waals surface area contributed by atoms with Crippen LogP contribution in [0.1, 0.15) is 18.6 Å². The van der Waals surface area contributed by atoms with Gasteiger partial charge in [-0.25, -0.2) is 4.98 Å². The Balaban J connectivity index is 2.11. The summed E-state index contributed by atoms with van der Waals surface area (Å²) in [6.45, 7) is 1.73. The van der Waals surface area contributed by atoms with Crippen molar-refractivity contribution in [2.45, 2.75) is 22.9 Å². The molecule has 0 fully saturated rings. The molecule has 1 aromatic heterocycles. The van der Waals surface area contributed by atoms with E-state index >= 15 is 0 Å². The second-order valence-electron chi connectivity index (χ2n) is 3.66. The highest BCUT2D eigenvalue weighted by atomic mass is 35.5. The SMILES string of the molecule is C[C@H](O)c1ccc(Sc2ccc(Cl)cc2)nc1. The van der Waals surface area contributed by atoms with E-state index in [9.17, 15) is 5.11 Å². The van der Waals surface area contributed by atoms with E-state index in [1.807, 2.05) is 36.4 Å². The first-order valence-electron chi connectivity index (χ1n) is 5.22. The maximum absolute atomic E-state index is 9.37. The second kappa shape index (κ2) is 5.54. The number of aliphatic hydroxyl groups excluding tert-OH is 1. The molecule has 2 rings (SSSR count). The number of pyridine rings is 1. The summed E-state index contributed by atoms with van der Waals surface area (Å²) in [7, 11) is 0. The summed E-state index contributed by atoms with van der Waals surface area (Å²) in [5.41, 5.74) is 0.824. The van der Waals surface area contributed by atoms with Crippen LogP contribution in [0.2, 0.25) is 5.02 Å². The maximum Gasteiger partial charge on any atom is 0.101 e. The third-order valence-electron chi connectivity index (χ3n) is 2.28. The molecule has 0 unspecified atom stereocenters. The van der Waals surface area contributed by atoms with Crippen LogP contribution in [0.5, 0.6) is 0 Å². The third-order valence-corrected chi connectivity index (χ3v) is 3.49. The molecule has 4 heteroatoms. The van der Waals surface area contributed by atoms with Crippen LogP contribution < -0.4 is 0 Å². The molecule has 2 nitrogen and oxygen atoms in total. The Labute approximate surface area is 110 Å². The van der Waals surface area contributed by atoms with Gasteiger partial charge in [0.05, 0.1) is 6.10 Å². The third kappa shape index (κ3) is 3.46. The lowest BCUT2D eigenvalue weighted by Crippen LogP contribution is -1.91. The molecule has 17 heavy (non-hydrogen) atoms. The summed E-state index contributed by atoms with van der Waals surface area (Å²) < 4.78 is 0. The van der Waals surface area contributed by atoms with Gasteiger partial charge >= 0.3 is 0 Å². The van der Waals surface area contributed by atoms with E-state index in [1.165, 1.54) is 0 Å². The molecular weight excluding hydrogens is 254 g/mol. The van der Waals surface area contributed by atoms with Crippen LogP contribution >= 0.6 is 23.4 Å². The van der Waals surface area contributed by atoms with Gasteiger partial charge in [0.2, 0.25) is 0 Å². The van der Waals surface area contributed by atoms with E-state index in [0.29, 0.717) is 0 Å². The van der Waals surface area contributed by atoms with Gasteiger partial charge in [-0.1, -0.05) is 29.4 Å². The van der Waals surface area contributed by atoms with Crippen molar-refractivity contribution in [2.75, 3.05) is 0 Å². The summed E-state index contributed by atoms with van der Waals surface area (Å²) >= 11 is 7.38. The fourth-order valence-electron chi connectivity index (χ4n) is 1.32. The predicted molar refractivity (Wildman–Crippen MR) is 70.4 cm³/mol. The fraction of sp³-hybridized carbons (Fsp3) is 0.154. The lowest BCUT2D eigenvalue weighted by atomic mass is 10.2. The molecular formula is C13H12ClNOS. The normalized spacial score (nSPS) is 12.4. The smallest absolute Gasteiger partial charge is 0.101 e. The lowest BCUT2D eigenvalue weighted by molar-refractivity contribution is 0.198. The second-order valence-corrected chi connectivity index (χ2v) is 5.19. The van der Waals surface area contributed by atoms with Crippen molar-refractivity contribution in [3.05, 3.63) is 53.2 Å². The van der Waals surface area contributed by atoms with Crippen molar-refractivity contribution in [1.82, 2.24) is 4.98 Å². The van der Waals surface area contributed by atoms with Gasteiger partial charge in [-0.05, 0) is 42.8 Å². The molecule has 0 saturated carbocycles.